The zero-order valence-corrected chi connectivity index (χ0v) is 18.1. The van der Waals surface area contributed by atoms with Gasteiger partial charge in [-0.05, 0) is 71.2 Å². The molecule has 2 N–H and O–H groups in total. The SMILES string of the molecule is CC(C)COc1ccc(C(=O)NNC(=O)C(C)Oc2ccc(Cl)cc2Br)cc1. The molecule has 0 bridgehead atoms. The van der Waals surface area contributed by atoms with Crippen LogP contribution in [-0.4, -0.2) is 24.5 Å². The maximum absolute atomic E-state index is 12.2. The van der Waals surface area contributed by atoms with Crippen LogP contribution in [0.4, 0.5) is 0 Å². The van der Waals surface area contributed by atoms with E-state index < -0.39 is 17.9 Å². The van der Waals surface area contributed by atoms with Crippen molar-refractivity contribution in [3.05, 3.63) is 57.5 Å². The molecule has 0 aliphatic rings. The lowest BCUT2D eigenvalue weighted by Gasteiger charge is -2.16. The van der Waals surface area contributed by atoms with Crippen LogP contribution in [0.25, 0.3) is 0 Å². The fourth-order valence-corrected chi connectivity index (χ4v) is 2.85. The quantitative estimate of drug-likeness (QED) is 0.591. The first-order valence-corrected chi connectivity index (χ1v) is 9.88. The van der Waals surface area contributed by atoms with Crippen LogP contribution in [0.3, 0.4) is 0 Å². The molecule has 1 unspecified atom stereocenters. The van der Waals surface area contributed by atoms with E-state index in [0.717, 1.165) is 0 Å². The van der Waals surface area contributed by atoms with E-state index in [9.17, 15) is 9.59 Å². The molecule has 0 heterocycles. The third-order valence-electron chi connectivity index (χ3n) is 3.57. The Balaban J connectivity index is 1.84. The zero-order valence-electron chi connectivity index (χ0n) is 15.8. The number of amides is 2. The molecule has 0 aromatic heterocycles. The van der Waals surface area contributed by atoms with Crippen LogP contribution in [-0.2, 0) is 4.79 Å². The van der Waals surface area contributed by atoms with E-state index >= 15 is 0 Å². The molecule has 2 aromatic carbocycles. The number of rotatable bonds is 7. The minimum Gasteiger partial charge on any atom is -0.493 e. The summed E-state index contributed by atoms with van der Waals surface area (Å²) < 4.78 is 11.8. The molecule has 2 aromatic rings. The Morgan fingerprint density at radius 3 is 2.36 bits per heavy atom. The van der Waals surface area contributed by atoms with Gasteiger partial charge in [-0.2, -0.15) is 0 Å². The number of ether oxygens (including phenoxy) is 2. The number of halogens is 2. The van der Waals surface area contributed by atoms with Crippen molar-refractivity contribution in [1.82, 2.24) is 10.9 Å². The van der Waals surface area contributed by atoms with Crippen molar-refractivity contribution < 1.29 is 19.1 Å². The highest BCUT2D eigenvalue weighted by molar-refractivity contribution is 9.10. The van der Waals surface area contributed by atoms with Gasteiger partial charge < -0.3 is 9.47 Å². The predicted octanol–water partition coefficient (Wildman–Crippen LogP) is 4.37. The smallest absolute Gasteiger partial charge is 0.279 e. The summed E-state index contributed by atoms with van der Waals surface area (Å²) in [5.41, 5.74) is 5.11. The Hall–Kier alpha value is -2.25. The van der Waals surface area contributed by atoms with E-state index in [1.165, 1.54) is 0 Å². The Morgan fingerprint density at radius 2 is 1.75 bits per heavy atom. The topological polar surface area (TPSA) is 76.7 Å². The molecule has 8 heteroatoms. The Bertz CT molecular complexity index is 827. The average Bonchev–Trinajstić information content (AvgIpc) is 2.66. The molecule has 0 saturated heterocycles. The van der Waals surface area contributed by atoms with Crippen LogP contribution in [0.5, 0.6) is 11.5 Å². The Kier molecular flexibility index (Phi) is 8.14. The molecule has 0 aliphatic heterocycles. The summed E-state index contributed by atoms with van der Waals surface area (Å²) in [5, 5.41) is 0.546. The molecule has 0 fully saturated rings. The lowest BCUT2D eigenvalue weighted by molar-refractivity contribution is -0.128. The number of nitrogens with one attached hydrogen (secondary N) is 2. The second-order valence-corrected chi connectivity index (χ2v) is 7.80. The first-order chi connectivity index (χ1) is 13.3. The second-order valence-electron chi connectivity index (χ2n) is 6.51. The van der Waals surface area contributed by atoms with Gasteiger partial charge in [-0.3, -0.25) is 20.4 Å². The molecule has 2 amide bonds. The van der Waals surface area contributed by atoms with Gasteiger partial charge in [0.05, 0.1) is 11.1 Å². The third-order valence-corrected chi connectivity index (χ3v) is 4.42. The van der Waals surface area contributed by atoms with E-state index in [4.69, 9.17) is 21.1 Å². The highest BCUT2D eigenvalue weighted by Crippen LogP contribution is 2.28. The van der Waals surface area contributed by atoms with E-state index in [1.807, 2.05) is 0 Å². The molecule has 6 nitrogen and oxygen atoms in total. The lowest BCUT2D eigenvalue weighted by atomic mass is 10.2. The van der Waals surface area contributed by atoms with Crippen molar-refractivity contribution in [3.8, 4) is 11.5 Å². The summed E-state index contributed by atoms with van der Waals surface area (Å²) in [7, 11) is 0. The van der Waals surface area contributed by atoms with Gasteiger partial charge in [-0.1, -0.05) is 25.4 Å². The van der Waals surface area contributed by atoms with Crippen LogP contribution in [0.2, 0.25) is 5.02 Å². The van der Waals surface area contributed by atoms with Gasteiger partial charge in [-0.25, -0.2) is 0 Å². The second kappa shape index (κ2) is 10.3. The monoisotopic (exact) mass is 468 g/mol. The molecule has 2 rings (SSSR count). The Labute approximate surface area is 177 Å². The summed E-state index contributed by atoms with van der Waals surface area (Å²) in [6, 6.07) is 11.6. The van der Waals surface area contributed by atoms with Crippen LogP contribution in [0.1, 0.15) is 31.1 Å². The minimum atomic E-state index is -0.829. The van der Waals surface area contributed by atoms with Crippen molar-refractivity contribution >= 4 is 39.3 Å². The van der Waals surface area contributed by atoms with Gasteiger partial charge in [0.25, 0.3) is 11.8 Å². The summed E-state index contributed by atoms with van der Waals surface area (Å²) in [6.07, 6.45) is -0.829. The molecule has 1 atom stereocenters. The predicted molar refractivity (Wildman–Crippen MR) is 112 cm³/mol. The van der Waals surface area contributed by atoms with E-state index in [-0.39, 0.29) is 0 Å². The van der Waals surface area contributed by atoms with E-state index in [1.54, 1.807) is 49.4 Å². The average molecular weight is 470 g/mol. The van der Waals surface area contributed by atoms with Crippen LogP contribution in [0, 0.1) is 5.92 Å². The minimum absolute atomic E-state index is 0.395. The first-order valence-electron chi connectivity index (χ1n) is 8.71. The number of carbonyl (C=O) groups excluding carboxylic acids is 2. The standard InChI is InChI=1S/C20H22BrClN2O4/c1-12(2)11-27-16-7-4-14(5-8-16)20(26)24-23-19(25)13(3)28-18-9-6-15(22)10-17(18)21/h4-10,12-13H,11H2,1-3H3,(H,23,25)(H,24,26). The van der Waals surface area contributed by atoms with Crippen LogP contribution >= 0.6 is 27.5 Å². The molecular formula is C20H22BrClN2O4. The molecule has 0 aliphatic carbocycles. The maximum Gasteiger partial charge on any atom is 0.279 e. The first kappa shape index (κ1) is 22.0. The van der Waals surface area contributed by atoms with Crippen molar-refractivity contribution in [2.75, 3.05) is 6.61 Å². The van der Waals surface area contributed by atoms with Gasteiger partial charge >= 0.3 is 0 Å². The summed E-state index contributed by atoms with van der Waals surface area (Å²) in [5.74, 6) is 0.631. The molecule has 0 spiro atoms. The van der Waals surface area contributed by atoms with E-state index in [2.05, 4.69) is 40.6 Å². The highest BCUT2D eigenvalue weighted by Gasteiger charge is 2.17. The van der Waals surface area contributed by atoms with E-state index in [0.29, 0.717) is 39.1 Å². The molecule has 150 valence electrons. The molecular weight excluding hydrogens is 448 g/mol. The van der Waals surface area contributed by atoms with Gasteiger partial charge in [0.2, 0.25) is 0 Å². The number of carbonyl (C=O) groups is 2. The highest BCUT2D eigenvalue weighted by atomic mass is 79.9. The van der Waals surface area contributed by atoms with Gasteiger partial charge in [-0.15, -0.1) is 0 Å². The lowest BCUT2D eigenvalue weighted by Crippen LogP contribution is -2.47. The van der Waals surface area contributed by atoms with Crippen molar-refractivity contribution in [2.24, 2.45) is 5.92 Å². The zero-order chi connectivity index (χ0) is 20.7. The van der Waals surface area contributed by atoms with Gasteiger partial charge in [0.15, 0.2) is 6.10 Å². The largest absolute Gasteiger partial charge is 0.493 e. The normalized spacial score (nSPS) is 11.6. The maximum atomic E-state index is 12.2. The number of hydrazine groups is 1. The third kappa shape index (κ3) is 6.73. The van der Waals surface area contributed by atoms with Gasteiger partial charge in [0.1, 0.15) is 11.5 Å². The van der Waals surface area contributed by atoms with Crippen molar-refractivity contribution in [2.45, 2.75) is 26.9 Å². The number of hydrogen-bond donors (Lipinski definition) is 2. The molecule has 28 heavy (non-hydrogen) atoms. The fraction of sp³-hybridized carbons (Fsp3) is 0.300. The molecule has 0 saturated carbocycles. The fourth-order valence-electron chi connectivity index (χ4n) is 2.07. The number of hydrogen-bond acceptors (Lipinski definition) is 4. The molecule has 0 radical (unpaired) electrons. The van der Waals surface area contributed by atoms with Crippen molar-refractivity contribution in [3.63, 3.8) is 0 Å². The summed E-state index contributed by atoms with van der Waals surface area (Å²) in [4.78, 5) is 24.3. The van der Waals surface area contributed by atoms with Crippen molar-refractivity contribution in [1.29, 1.82) is 0 Å². The number of benzene rings is 2. The Morgan fingerprint density at radius 1 is 1.07 bits per heavy atom. The van der Waals surface area contributed by atoms with Crippen LogP contribution < -0.4 is 20.3 Å². The summed E-state index contributed by atoms with van der Waals surface area (Å²) >= 11 is 9.20. The van der Waals surface area contributed by atoms with Gasteiger partial charge in [0, 0.05) is 10.6 Å². The van der Waals surface area contributed by atoms with Crippen LogP contribution in [0.15, 0.2) is 46.9 Å². The summed E-state index contributed by atoms with van der Waals surface area (Å²) in [6.45, 7) is 6.29.